The zero-order chi connectivity index (χ0) is 23.9. The summed E-state index contributed by atoms with van der Waals surface area (Å²) in [5.74, 6) is 0.702. The van der Waals surface area contributed by atoms with Gasteiger partial charge in [0.05, 0.1) is 16.7 Å². The molecular weight excluding hydrogens is 438 g/mol. The second kappa shape index (κ2) is 8.40. The van der Waals surface area contributed by atoms with Crippen molar-refractivity contribution in [3.8, 4) is 33.8 Å². The molecule has 0 aliphatic carbocycles. The van der Waals surface area contributed by atoms with Gasteiger partial charge in [0.2, 0.25) is 0 Å². The molecule has 0 spiro atoms. The second-order valence-electron chi connectivity index (χ2n) is 8.93. The molecule has 0 aliphatic rings. The van der Waals surface area contributed by atoms with E-state index in [0.717, 1.165) is 44.0 Å². The molecule has 36 heavy (non-hydrogen) atoms. The Morgan fingerprint density at radius 3 is 1.94 bits per heavy atom. The van der Waals surface area contributed by atoms with Gasteiger partial charge in [-0.2, -0.15) is 0 Å². The normalized spacial score (nSPS) is 11.3. The van der Waals surface area contributed by atoms with Crippen molar-refractivity contribution >= 4 is 32.6 Å². The Hall–Kier alpha value is -4.89. The number of para-hydroxylation sites is 1. The molecule has 0 N–H and O–H groups in total. The minimum absolute atomic E-state index is 0.702. The molecule has 168 valence electrons. The van der Waals surface area contributed by atoms with E-state index in [0.29, 0.717) is 5.82 Å². The fourth-order valence-corrected chi connectivity index (χ4v) is 4.88. The lowest BCUT2D eigenvalue weighted by Crippen LogP contribution is -1.95. The van der Waals surface area contributed by atoms with Crippen LogP contribution < -0.4 is 0 Å². The van der Waals surface area contributed by atoms with E-state index in [2.05, 4.69) is 97.1 Å². The number of nitrogens with zero attached hydrogens (tertiary/aromatic N) is 3. The number of aromatic nitrogens is 3. The zero-order valence-corrected chi connectivity index (χ0v) is 19.5. The van der Waals surface area contributed by atoms with E-state index in [9.17, 15) is 0 Å². The van der Waals surface area contributed by atoms with Gasteiger partial charge in [0.15, 0.2) is 5.82 Å². The molecule has 3 nitrogen and oxygen atoms in total. The predicted molar refractivity (Wildman–Crippen MR) is 149 cm³/mol. The van der Waals surface area contributed by atoms with Crippen molar-refractivity contribution in [2.24, 2.45) is 0 Å². The van der Waals surface area contributed by atoms with Crippen molar-refractivity contribution in [1.29, 1.82) is 0 Å². The standard InChI is InChI=1S/C33H21N3/c1-2-8-22(9-3-1)23-14-16-24(17-15-23)32-29-12-6-7-13-30(29)35-33(36-32)25-18-19-28-27-11-5-4-10-26(27)21-34-31(28)20-25/h1-21H. The molecule has 2 heterocycles. The van der Waals surface area contributed by atoms with Gasteiger partial charge < -0.3 is 0 Å². The van der Waals surface area contributed by atoms with Crippen LogP contribution in [-0.4, -0.2) is 15.0 Å². The van der Waals surface area contributed by atoms with Crippen LogP contribution in [0.2, 0.25) is 0 Å². The first-order valence-electron chi connectivity index (χ1n) is 12.0. The maximum atomic E-state index is 5.07. The Morgan fingerprint density at radius 1 is 0.417 bits per heavy atom. The van der Waals surface area contributed by atoms with Crippen LogP contribution in [-0.2, 0) is 0 Å². The number of pyridine rings is 1. The summed E-state index contributed by atoms with van der Waals surface area (Å²) < 4.78 is 0. The highest BCUT2D eigenvalue weighted by Crippen LogP contribution is 2.32. The van der Waals surface area contributed by atoms with Gasteiger partial charge in [-0.15, -0.1) is 0 Å². The highest BCUT2D eigenvalue weighted by Gasteiger charge is 2.13. The predicted octanol–water partition coefficient (Wildman–Crippen LogP) is 8.33. The van der Waals surface area contributed by atoms with Crippen LogP contribution in [0.25, 0.3) is 66.4 Å². The Labute approximate surface area is 208 Å². The van der Waals surface area contributed by atoms with Gasteiger partial charge in [0, 0.05) is 33.5 Å². The lowest BCUT2D eigenvalue weighted by Gasteiger charge is -2.11. The average molecular weight is 460 g/mol. The molecule has 3 heteroatoms. The number of hydrogen-bond acceptors (Lipinski definition) is 3. The molecule has 2 aromatic heterocycles. The number of benzene rings is 5. The summed E-state index contributed by atoms with van der Waals surface area (Å²) in [6.07, 6.45) is 1.93. The molecule has 0 saturated carbocycles. The summed E-state index contributed by atoms with van der Waals surface area (Å²) in [6, 6.07) is 41.9. The molecule has 7 rings (SSSR count). The van der Waals surface area contributed by atoms with Gasteiger partial charge in [-0.05, 0) is 28.6 Å². The third kappa shape index (κ3) is 3.50. The first-order chi connectivity index (χ1) is 17.8. The molecule has 0 radical (unpaired) electrons. The minimum Gasteiger partial charge on any atom is -0.256 e. The first kappa shape index (κ1) is 20.5. The molecule has 7 aromatic rings. The van der Waals surface area contributed by atoms with E-state index in [1.54, 1.807) is 0 Å². The number of rotatable bonds is 3. The monoisotopic (exact) mass is 459 g/mol. The fraction of sp³-hybridized carbons (Fsp3) is 0. The van der Waals surface area contributed by atoms with E-state index < -0.39 is 0 Å². The maximum Gasteiger partial charge on any atom is 0.160 e. The number of hydrogen-bond donors (Lipinski definition) is 0. The smallest absolute Gasteiger partial charge is 0.160 e. The quantitative estimate of drug-likeness (QED) is 0.249. The van der Waals surface area contributed by atoms with Gasteiger partial charge in [0.1, 0.15) is 0 Å². The van der Waals surface area contributed by atoms with Crippen molar-refractivity contribution < 1.29 is 0 Å². The number of fused-ring (bicyclic) bond motifs is 4. The molecule has 0 atom stereocenters. The van der Waals surface area contributed by atoms with Gasteiger partial charge in [0.25, 0.3) is 0 Å². The molecule has 0 saturated heterocycles. The summed E-state index contributed by atoms with van der Waals surface area (Å²) in [7, 11) is 0. The topological polar surface area (TPSA) is 38.7 Å². The van der Waals surface area contributed by atoms with Crippen molar-refractivity contribution in [2.45, 2.75) is 0 Å². The Bertz CT molecular complexity index is 1870. The van der Waals surface area contributed by atoms with Crippen LogP contribution in [0, 0.1) is 0 Å². The van der Waals surface area contributed by atoms with E-state index in [4.69, 9.17) is 15.0 Å². The highest BCUT2D eigenvalue weighted by atomic mass is 14.9. The molecular formula is C33H21N3. The van der Waals surface area contributed by atoms with Crippen LogP contribution in [0.3, 0.4) is 0 Å². The van der Waals surface area contributed by atoms with Crippen LogP contribution in [0.5, 0.6) is 0 Å². The first-order valence-corrected chi connectivity index (χ1v) is 12.0. The summed E-state index contributed by atoms with van der Waals surface area (Å²) in [5, 5.41) is 4.52. The highest BCUT2D eigenvalue weighted by molar-refractivity contribution is 6.06. The van der Waals surface area contributed by atoms with E-state index in [-0.39, 0.29) is 0 Å². The molecule has 0 fully saturated rings. The molecule has 0 amide bonds. The maximum absolute atomic E-state index is 5.07. The lowest BCUT2D eigenvalue weighted by atomic mass is 10.0. The van der Waals surface area contributed by atoms with Gasteiger partial charge in [-0.25, -0.2) is 9.97 Å². The minimum atomic E-state index is 0.702. The van der Waals surface area contributed by atoms with E-state index in [1.165, 1.54) is 16.5 Å². The second-order valence-corrected chi connectivity index (χ2v) is 8.93. The van der Waals surface area contributed by atoms with Crippen LogP contribution in [0.15, 0.2) is 128 Å². The Morgan fingerprint density at radius 2 is 1.08 bits per heavy atom. The Balaban J connectivity index is 1.37. The largest absolute Gasteiger partial charge is 0.256 e. The zero-order valence-electron chi connectivity index (χ0n) is 19.5. The van der Waals surface area contributed by atoms with Gasteiger partial charge >= 0.3 is 0 Å². The van der Waals surface area contributed by atoms with Gasteiger partial charge in [-0.3, -0.25) is 4.98 Å². The van der Waals surface area contributed by atoms with E-state index in [1.807, 2.05) is 30.5 Å². The van der Waals surface area contributed by atoms with Gasteiger partial charge in [-0.1, -0.05) is 109 Å². The third-order valence-electron chi connectivity index (χ3n) is 6.72. The van der Waals surface area contributed by atoms with Crippen LogP contribution in [0.1, 0.15) is 0 Å². The fourth-order valence-electron chi connectivity index (χ4n) is 4.88. The summed E-state index contributed by atoms with van der Waals surface area (Å²) in [5.41, 5.74) is 7.21. The van der Waals surface area contributed by atoms with E-state index >= 15 is 0 Å². The summed E-state index contributed by atoms with van der Waals surface area (Å²) >= 11 is 0. The molecule has 5 aromatic carbocycles. The van der Waals surface area contributed by atoms with Crippen LogP contribution >= 0.6 is 0 Å². The molecule has 0 aliphatic heterocycles. The summed E-state index contributed by atoms with van der Waals surface area (Å²) in [6.45, 7) is 0. The SMILES string of the molecule is c1ccc(-c2ccc(-c3nc(-c4ccc5c(c4)ncc4ccccc45)nc4ccccc34)cc2)cc1. The van der Waals surface area contributed by atoms with Crippen molar-refractivity contribution in [1.82, 2.24) is 15.0 Å². The van der Waals surface area contributed by atoms with Crippen LogP contribution in [0.4, 0.5) is 0 Å². The lowest BCUT2D eigenvalue weighted by molar-refractivity contribution is 1.23. The summed E-state index contributed by atoms with van der Waals surface area (Å²) in [4.78, 5) is 14.7. The Kier molecular flexibility index (Phi) is 4.78. The molecule has 0 bridgehead atoms. The third-order valence-corrected chi connectivity index (χ3v) is 6.72. The molecule has 0 unspecified atom stereocenters. The van der Waals surface area contributed by atoms with Crippen molar-refractivity contribution in [3.63, 3.8) is 0 Å². The average Bonchev–Trinajstić information content (AvgIpc) is 2.97. The van der Waals surface area contributed by atoms with Crippen molar-refractivity contribution in [2.75, 3.05) is 0 Å². The van der Waals surface area contributed by atoms with Crippen molar-refractivity contribution in [3.05, 3.63) is 128 Å².